The summed E-state index contributed by atoms with van der Waals surface area (Å²) in [5.41, 5.74) is 2.12. The van der Waals surface area contributed by atoms with Crippen molar-refractivity contribution >= 4 is 0 Å². The Morgan fingerprint density at radius 2 is 1.62 bits per heavy atom. The molecular formula is C27H35F3N2O2. The zero-order valence-electron chi connectivity index (χ0n) is 19.8. The van der Waals surface area contributed by atoms with Crippen LogP contribution in [0.3, 0.4) is 0 Å². The van der Waals surface area contributed by atoms with Gasteiger partial charge >= 0.3 is 6.36 Å². The summed E-state index contributed by atoms with van der Waals surface area (Å²) in [6.45, 7) is 6.63. The molecule has 186 valence electrons. The zero-order valence-corrected chi connectivity index (χ0v) is 19.8. The van der Waals surface area contributed by atoms with Crippen molar-refractivity contribution in [2.75, 3.05) is 32.7 Å². The number of nitrogens with zero attached hydrogens (tertiary/aromatic N) is 2. The largest absolute Gasteiger partial charge is 0.573 e. The van der Waals surface area contributed by atoms with E-state index in [0.717, 1.165) is 64.0 Å². The van der Waals surface area contributed by atoms with E-state index in [1.165, 1.54) is 17.7 Å². The standard InChI is InChI=1S/C27H35F3N2O2/c1-20(21-8-3-2-4-9-21)32-16-14-31(15-17-32)19-25(24-12-5-6-13-26(24)33)22-10-7-11-23(18-22)34-27(28,29)30/h2-4,7-11,18,20,24-26,33H,5-6,12-17,19H2,1H3/t20-,24?,25?,26+/m1/s1. The highest BCUT2D eigenvalue weighted by Gasteiger charge is 2.35. The molecule has 4 nitrogen and oxygen atoms in total. The first-order valence-electron chi connectivity index (χ1n) is 12.4. The summed E-state index contributed by atoms with van der Waals surface area (Å²) in [5.74, 6) is -0.192. The van der Waals surface area contributed by atoms with Crippen LogP contribution in [0.5, 0.6) is 5.75 Å². The van der Waals surface area contributed by atoms with Gasteiger partial charge in [-0.25, -0.2) is 0 Å². The van der Waals surface area contributed by atoms with Gasteiger partial charge in [-0.1, -0.05) is 55.3 Å². The number of piperazine rings is 1. The Hall–Kier alpha value is -2.09. The third-order valence-electron chi connectivity index (χ3n) is 7.51. The average molecular weight is 477 g/mol. The van der Waals surface area contributed by atoms with Gasteiger partial charge in [0, 0.05) is 44.7 Å². The van der Waals surface area contributed by atoms with E-state index in [0.29, 0.717) is 6.04 Å². The molecule has 4 rings (SSSR count). The van der Waals surface area contributed by atoms with Crippen molar-refractivity contribution in [3.63, 3.8) is 0 Å². The van der Waals surface area contributed by atoms with E-state index in [4.69, 9.17) is 0 Å². The van der Waals surface area contributed by atoms with Gasteiger partial charge in [0.2, 0.25) is 0 Å². The van der Waals surface area contributed by atoms with E-state index in [2.05, 4.69) is 45.7 Å². The number of ether oxygens (including phenoxy) is 1. The summed E-state index contributed by atoms with van der Waals surface area (Å²) in [5, 5.41) is 10.8. The second-order valence-electron chi connectivity index (χ2n) is 9.67. The minimum absolute atomic E-state index is 0.0369. The van der Waals surface area contributed by atoms with Crippen LogP contribution < -0.4 is 4.74 Å². The molecule has 2 aromatic carbocycles. The highest BCUT2D eigenvalue weighted by Crippen LogP contribution is 2.38. The summed E-state index contributed by atoms with van der Waals surface area (Å²) >= 11 is 0. The molecule has 1 aliphatic heterocycles. The van der Waals surface area contributed by atoms with Crippen LogP contribution in [-0.2, 0) is 0 Å². The third-order valence-corrected chi connectivity index (χ3v) is 7.51. The number of aliphatic hydroxyl groups is 1. The van der Waals surface area contributed by atoms with Crippen LogP contribution in [0, 0.1) is 5.92 Å². The van der Waals surface area contributed by atoms with E-state index < -0.39 is 12.5 Å². The van der Waals surface area contributed by atoms with Crippen molar-refractivity contribution in [3.05, 3.63) is 65.7 Å². The maximum absolute atomic E-state index is 12.8. The molecule has 2 fully saturated rings. The van der Waals surface area contributed by atoms with Crippen LogP contribution >= 0.6 is 0 Å². The fourth-order valence-corrected chi connectivity index (χ4v) is 5.59. The fraction of sp³-hybridized carbons (Fsp3) is 0.556. The Balaban J connectivity index is 1.46. The molecule has 7 heteroatoms. The molecule has 1 saturated carbocycles. The minimum Gasteiger partial charge on any atom is -0.406 e. The Labute approximate surface area is 200 Å². The number of aliphatic hydroxyl groups excluding tert-OH is 1. The number of hydrogen-bond acceptors (Lipinski definition) is 4. The lowest BCUT2D eigenvalue weighted by Crippen LogP contribution is -2.49. The molecule has 1 aliphatic carbocycles. The van der Waals surface area contributed by atoms with Crippen LogP contribution in [0.2, 0.25) is 0 Å². The van der Waals surface area contributed by atoms with Gasteiger partial charge in [0.15, 0.2) is 0 Å². The lowest BCUT2D eigenvalue weighted by Gasteiger charge is -2.42. The molecule has 0 aromatic heterocycles. The van der Waals surface area contributed by atoms with E-state index in [-0.39, 0.29) is 17.6 Å². The Morgan fingerprint density at radius 3 is 2.29 bits per heavy atom. The van der Waals surface area contributed by atoms with E-state index in [1.54, 1.807) is 6.07 Å². The molecule has 1 saturated heterocycles. The molecule has 2 unspecified atom stereocenters. The van der Waals surface area contributed by atoms with Crippen LogP contribution in [0.25, 0.3) is 0 Å². The van der Waals surface area contributed by atoms with E-state index >= 15 is 0 Å². The number of hydrogen-bond donors (Lipinski definition) is 1. The van der Waals surface area contributed by atoms with Crippen molar-refractivity contribution in [2.24, 2.45) is 5.92 Å². The van der Waals surface area contributed by atoms with Crippen molar-refractivity contribution < 1.29 is 23.0 Å². The van der Waals surface area contributed by atoms with Crippen molar-refractivity contribution in [1.82, 2.24) is 9.80 Å². The van der Waals surface area contributed by atoms with E-state index in [9.17, 15) is 18.3 Å². The lowest BCUT2D eigenvalue weighted by atomic mass is 9.74. The molecule has 0 amide bonds. The number of alkyl halides is 3. The van der Waals surface area contributed by atoms with Crippen molar-refractivity contribution in [1.29, 1.82) is 0 Å². The average Bonchev–Trinajstić information content (AvgIpc) is 2.83. The van der Waals surface area contributed by atoms with Crippen LogP contribution in [0.15, 0.2) is 54.6 Å². The van der Waals surface area contributed by atoms with E-state index in [1.807, 2.05) is 12.1 Å². The predicted molar refractivity (Wildman–Crippen MR) is 127 cm³/mol. The SMILES string of the molecule is C[C@H](c1ccccc1)N1CCN(CC(c2cccc(OC(F)(F)F)c2)C2CCCC[C@@H]2O)CC1. The third kappa shape index (κ3) is 6.52. The molecule has 2 aromatic rings. The first kappa shape index (κ1) is 25.0. The normalized spacial score (nSPS) is 24.5. The van der Waals surface area contributed by atoms with Crippen LogP contribution in [0.4, 0.5) is 13.2 Å². The van der Waals surface area contributed by atoms with Crippen molar-refractivity contribution in [2.45, 2.75) is 57.0 Å². The van der Waals surface area contributed by atoms with Gasteiger partial charge in [0.25, 0.3) is 0 Å². The maximum Gasteiger partial charge on any atom is 0.573 e. The summed E-state index contributed by atoms with van der Waals surface area (Å²) in [4.78, 5) is 4.88. The summed E-state index contributed by atoms with van der Waals surface area (Å²) in [6.07, 6.45) is -1.46. The second kappa shape index (κ2) is 11.1. The Kier molecular flexibility index (Phi) is 8.17. The fourth-order valence-electron chi connectivity index (χ4n) is 5.59. The second-order valence-corrected chi connectivity index (χ2v) is 9.67. The minimum atomic E-state index is -4.72. The van der Waals surface area contributed by atoms with Gasteiger partial charge in [-0.05, 0) is 48.9 Å². The summed E-state index contributed by atoms with van der Waals surface area (Å²) < 4.78 is 42.6. The molecule has 2 aliphatic rings. The first-order valence-corrected chi connectivity index (χ1v) is 12.4. The molecule has 1 heterocycles. The molecule has 1 N–H and O–H groups in total. The number of benzene rings is 2. The molecule has 34 heavy (non-hydrogen) atoms. The van der Waals surface area contributed by atoms with Gasteiger partial charge in [0.1, 0.15) is 5.75 Å². The number of halogens is 3. The molecule has 4 atom stereocenters. The molecule has 0 spiro atoms. The first-order chi connectivity index (χ1) is 16.3. The van der Waals surface area contributed by atoms with Crippen LogP contribution in [0.1, 0.15) is 55.7 Å². The maximum atomic E-state index is 12.8. The van der Waals surface area contributed by atoms with Gasteiger partial charge in [0.05, 0.1) is 6.10 Å². The summed E-state index contributed by atoms with van der Waals surface area (Å²) in [7, 11) is 0. The van der Waals surface area contributed by atoms with Gasteiger partial charge < -0.3 is 14.7 Å². The Morgan fingerprint density at radius 1 is 0.941 bits per heavy atom. The quantitative estimate of drug-likeness (QED) is 0.565. The number of rotatable bonds is 7. The lowest BCUT2D eigenvalue weighted by molar-refractivity contribution is -0.274. The molecule has 0 radical (unpaired) electrons. The Bertz CT molecular complexity index is 900. The van der Waals surface area contributed by atoms with Gasteiger partial charge in [-0.3, -0.25) is 4.90 Å². The van der Waals surface area contributed by atoms with Gasteiger partial charge in [-0.2, -0.15) is 0 Å². The molecule has 0 bridgehead atoms. The topological polar surface area (TPSA) is 35.9 Å². The van der Waals surface area contributed by atoms with Crippen LogP contribution in [-0.4, -0.2) is 60.1 Å². The highest BCUT2D eigenvalue weighted by atomic mass is 19.4. The van der Waals surface area contributed by atoms with Crippen molar-refractivity contribution in [3.8, 4) is 5.75 Å². The predicted octanol–water partition coefficient (Wildman–Crippen LogP) is 5.60. The zero-order chi connectivity index (χ0) is 24.1. The van der Waals surface area contributed by atoms with Gasteiger partial charge in [-0.15, -0.1) is 13.2 Å². The summed E-state index contributed by atoms with van der Waals surface area (Å²) in [6, 6.07) is 17.2. The smallest absolute Gasteiger partial charge is 0.406 e. The monoisotopic (exact) mass is 476 g/mol. The molecular weight excluding hydrogens is 441 g/mol. The highest BCUT2D eigenvalue weighted by molar-refractivity contribution is 5.32.